The van der Waals surface area contributed by atoms with Crippen LogP contribution >= 0.6 is 0 Å². The van der Waals surface area contributed by atoms with Gasteiger partial charge in [0.25, 0.3) is 5.56 Å². The molecule has 4 rings (SSSR count). The topological polar surface area (TPSA) is 173 Å². The molecule has 0 amide bonds. The predicted molar refractivity (Wildman–Crippen MR) is 126 cm³/mol. The van der Waals surface area contributed by atoms with E-state index in [4.69, 9.17) is 4.74 Å². The average Bonchev–Trinajstić information content (AvgIpc) is 3.44. The van der Waals surface area contributed by atoms with Gasteiger partial charge in [0.15, 0.2) is 0 Å². The standard InChI is InChI=1S/C11H8F3N3O3.C7H3F4NO2.C4H6N2O/c1-6-4-10(16-15-6)20-9-3-2-7(11(12,13)14)5-8(9)17(18)19;8-5-2-1-4(7(9,10)11)3-6(5)12(13)14;1-3-2-4(7)6-5-3/h2-5H,1H3,(H,15,16);1-3H;2H,1H3,(H2,5,6,7). The number of alkyl halides is 6. The normalized spacial score (nSPS) is 11.0. The molecule has 2 aromatic carbocycles. The molecule has 4 aromatic rings. The van der Waals surface area contributed by atoms with E-state index in [9.17, 15) is 55.8 Å². The smallest absolute Gasteiger partial charge is 0.416 e. The van der Waals surface area contributed by atoms with Crippen LogP contribution in [-0.4, -0.2) is 30.2 Å². The zero-order chi connectivity index (χ0) is 31.1. The molecule has 0 saturated carbocycles. The molecular weight excluding hydrogens is 577 g/mol. The van der Waals surface area contributed by atoms with Crippen molar-refractivity contribution in [2.75, 3.05) is 0 Å². The lowest BCUT2D eigenvalue weighted by Crippen LogP contribution is -2.06. The molecule has 0 unspecified atom stereocenters. The fourth-order valence-electron chi connectivity index (χ4n) is 2.74. The highest BCUT2D eigenvalue weighted by atomic mass is 19.4. The molecule has 0 saturated heterocycles. The Morgan fingerprint density at radius 1 is 0.780 bits per heavy atom. The number of aryl methyl sites for hydroxylation is 2. The van der Waals surface area contributed by atoms with E-state index in [2.05, 4.69) is 20.4 Å². The molecule has 0 radical (unpaired) electrons. The van der Waals surface area contributed by atoms with Crippen LogP contribution < -0.4 is 10.3 Å². The lowest BCUT2D eigenvalue weighted by molar-refractivity contribution is -0.387. The summed E-state index contributed by atoms with van der Waals surface area (Å²) >= 11 is 0. The molecule has 0 bridgehead atoms. The van der Waals surface area contributed by atoms with Gasteiger partial charge >= 0.3 is 23.7 Å². The minimum Gasteiger partial charge on any atom is -0.430 e. The van der Waals surface area contributed by atoms with Crippen LogP contribution in [0, 0.1) is 39.9 Å². The minimum absolute atomic E-state index is 0.0327. The third-order valence-electron chi connectivity index (χ3n) is 4.58. The Morgan fingerprint density at radius 2 is 1.32 bits per heavy atom. The molecule has 220 valence electrons. The second-order valence-electron chi connectivity index (χ2n) is 7.79. The third-order valence-corrected chi connectivity index (χ3v) is 4.58. The average molecular weight is 594 g/mol. The zero-order valence-electron chi connectivity index (χ0n) is 20.6. The highest BCUT2D eigenvalue weighted by molar-refractivity contribution is 5.50. The van der Waals surface area contributed by atoms with Crippen LogP contribution in [0.5, 0.6) is 11.6 Å². The number of benzene rings is 2. The molecule has 41 heavy (non-hydrogen) atoms. The summed E-state index contributed by atoms with van der Waals surface area (Å²) in [6.07, 6.45) is -9.37. The maximum atomic E-state index is 12.6. The number of rotatable bonds is 4. The van der Waals surface area contributed by atoms with E-state index in [-0.39, 0.29) is 23.3 Å². The van der Waals surface area contributed by atoms with E-state index in [0.29, 0.717) is 30.0 Å². The first-order valence-corrected chi connectivity index (χ1v) is 10.7. The second-order valence-corrected chi connectivity index (χ2v) is 7.79. The van der Waals surface area contributed by atoms with Crippen molar-refractivity contribution in [3.63, 3.8) is 0 Å². The number of nitrogens with one attached hydrogen (secondary N) is 3. The molecule has 12 nitrogen and oxygen atoms in total. The fraction of sp³-hybridized carbons (Fsp3) is 0.182. The Hall–Kier alpha value is -5.23. The summed E-state index contributed by atoms with van der Waals surface area (Å²) in [7, 11) is 0. The van der Waals surface area contributed by atoms with Gasteiger partial charge in [-0.1, -0.05) is 0 Å². The SMILES string of the molecule is Cc1cc(=O)[nH][nH]1.Cc1cc(Oc2ccc(C(F)(F)F)cc2[N+](=O)[O-])n[nH]1.O=[N+]([O-])c1cc(C(F)(F)F)ccc1F. The molecule has 0 fully saturated rings. The monoisotopic (exact) mass is 594 g/mol. The van der Waals surface area contributed by atoms with Crippen LogP contribution in [-0.2, 0) is 12.4 Å². The van der Waals surface area contributed by atoms with Gasteiger partial charge in [-0.2, -0.15) is 30.7 Å². The number of nitro benzene ring substituents is 2. The van der Waals surface area contributed by atoms with Gasteiger partial charge in [-0.3, -0.25) is 35.2 Å². The van der Waals surface area contributed by atoms with Crippen molar-refractivity contribution in [2.24, 2.45) is 0 Å². The molecule has 2 aromatic heterocycles. The molecule has 3 N–H and O–H groups in total. The fourth-order valence-corrected chi connectivity index (χ4v) is 2.74. The minimum atomic E-state index is -4.71. The van der Waals surface area contributed by atoms with Crippen LogP contribution in [0.1, 0.15) is 22.5 Å². The second kappa shape index (κ2) is 12.7. The Morgan fingerprint density at radius 3 is 1.71 bits per heavy atom. The summed E-state index contributed by atoms with van der Waals surface area (Å²) < 4.78 is 91.3. The summed E-state index contributed by atoms with van der Waals surface area (Å²) in [6, 6.07) is 6.02. The van der Waals surface area contributed by atoms with Crippen molar-refractivity contribution >= 4 is 11.4 Å². The summed E-state index contributed by atoms with van der Waals surface area (Å²) in [5.41, 5.74) is -2.88. The lowest BCUT2D eigenvalue weighted by atomic mass is 10.2. The summed E-state index contributed by atoms with van der Waals surface area (Å²) in [5.74, 6) is -1.57. The van der Waals surface area contributed by atoms with Gasteiger partial charge in [-0.25, -0.2) is 0 Å². The Labute approximate surface area is 223 Å². The van der Waals surface area contributed by atoms with Crippen molar-refractivity contribution in [2.45, 2.75) is 26.2 Å². The molecule has 19 heteroatoms. The van der Waals surface area contributed by atoms with Crippen LogP contribution in [0.4, 0.5) is 42.1 Å². The number of hydrogen-bond donors (Lipinski definition) is 3. The molecule has 0 aliphatic rings. The van der Waals surface area contributed by atoms with E-state index >= 15 is 0 Å². The van der Waals surface area contributed by atoms with Gasteiger partial charge in [-0.15, -0.1) is 5.10 Å². The van der Waals surface area contributed by atoms with Gasteiger partial charge < -0.3 is 9.84 Å². The number of nitrogens with zero attached hydrogens (tertiary/aromatic N) is 3. The van der Waals surface area contributed by atoms with Crippen molar-refractivity contribution in [1.29, 1.82) is 0 Å². The third kappa shape index (κ3) is 9.48. The summed E-state index contributed by atoms with van der Waals surface area (Å²) in [6.45, 7) is 3.50. The molecule has 0 aliphatic carbocycles. The van der Waals surface area contributed by atoms with Crippen LogP contribution in [0.25, 0.3) is 0 Å². The van der Waals surface area contributed by atoms with Crippen LogP contribution in [0.15, 0.2) is 53.3 Å². The number of halogens is 7. The maximum absolute atomic E-state index is 12.6. The van der Waals surface area contributed by atoms with E-state index in [0.717, 1.165) is 11.8 Å². The van der Waals surface area contributed by atoms with Crippen molar-refractivity contribution < 1.29 is 45.3 Å². The largest absolute Gasteiger partial charge is 0.430 e. The highest BCUT2D eigenvalue weighted by Gasteiger charge is 2.34. The molecule has 2 heterocycles. The summed E-state index contributed by atoms with van der Waals surface area (Å²) in [5, 5.41) is 32.2. The highest BCUT2D eigenvalue weighted by Crippen LogP contribution is 2.37. The van der Waals surface area contributed by atoms with E-state index in [1.165, 1.54) is 12.1 Å². The molecule has 0 spiro atoms. The number of hydrogen-bond acceptors (Lipinski definition) is 7. The number of H-pyrrole nitrogens is 3. The number of ether oxygens (including phenoxy) is 1. The summed E-state index contributed by atoms with van der Waals surface area (Å²) in [4.78, 5) is 29.0. The number of nitro groups is 2. The van der Waals surface area contributed by atoms with E-state index < -0.39 is 50.5 Å². The molecule has 0 atom stereocenters. The molecular formula is C22H17F7N6O6. The number of aromatic nitrogens is 4. The van der Waals surface area contributed by atoms with Crippen LogP contribution in [0.3, 0.4) is 0 Å². The first-order chi connectivity index (χ1) is 18.9. The van der Waals surface area contributed by atoms with E-state index in [1.807, 2.05) is 6.92 Å². The van der Waals surface area contributed by atoms with Crippen LogP contribution in [0.2, 0.25) is 0 Å². The van der Waals surface area contributed by atoms with Gasteiger partial charge in [0.2, 0.25) is 17.4 Å². The number of aromatic amines is 3. The quantitative estimate of drug-likeness (QED) is 0.143. The van der Waals surface area contributed by atoms with Gasteiger partial charge in [0, 0.05) is 35.7 Å². The predicted octanol–water partition coefficient (Wildman–Crippen LogP) is 6.20. The van der Waals surface area contributed by atoms with E-state index in [1.54, 1.807) is 6.92 Å². The van der Waals surface area contributed by atoms with Crippen molar-refractivity contribution in [3.05, 3.63) is 107 Å². The maximum Gasteiger partial charge on any atom is 0.416 e. The van der Waals surface area contributed by atoms with Crippen molar-refractivity contribution in [1.82, 2.24) is 20.4 Å². The first-order valence-electron chi connectivity index (χ1n) is 10.7. The first kappa shape index (κ1) is 32.0. The Kier molecular flexibility index (Phi) is 9.95. The van der Waals surface area contributed by atoms with Gasteiger partial charge in [0.1, 0.15) is 0 Å². The Balaban J connectivity index is 0.000000241. The zero-order valence-corrected chi connectivity index (χ0v) is 20.6. The van der Waals surface area contributed by atoms with Gasteiger partial charge in [0.05, 0.1) is 21.0 Å². The van der Waals surface area contributed by atoms with Crippen molar-refractivity contribution in [3.8, 4) is 11.6 Å². The molecule has 0 aliphatic heterocycles. The Bertz CT molecular complexity index is 1580. The van der Waals surface area contributed by atoms with Gasteiger partial charge in [-0.05, 0) is 38.1 Å². The lowest BCUT2D eigenvalue weighted by Gasteiger charge is -2.08.